The topological polar surface area (TPSA) is 30.2 Å². The van der Waals surface area contributed by atoms with Crippen LogP contribution in [-0.2, 0) is 0 Å². The highest BCUT2D eigenvalue weighted by atomic mass is 35.5. The molecule has 0 unspecified atom stereocenters. The third kappa shape index (κ3) is 2.11. The van der Waals surface area contributed by atoms with Crippen LogP contribution in [0.2, 0.25) is 5.02 Å². The molecule has 0 spiro atoms. The Morgan fingerprint density at radius 2 is 2.00 bits per heavy atom. The third-order valence-corrected chi connectivity index (χ3v) is 2.87. The van der Waals surface area contributed by atoms with Crippen LogP contribution >= 0.6 is 11.6 Å². The normalized spacial score (nSPS) is 10.6. The van der Waals surface area contributed by atoms with Crippen molar-refractivity contribution in [1.82, 2.24) is 0 Å². The summed E-state index contributed by atoms with van der Waals surface area (Å²) in [6.45, 7) is 3.35. The molecule has 1 heterocycles. The molecule has 0 atom stereocenters. The molecule has 0 saturated carbocycles. The molecule has 2 rings (SSSR count). The maximum absolute atomic E-state index is 13.2. The van der Waals surface area contributed by atoms with Crippen molar-refractivity contribution in [3.8, 4) is 0 Å². The fourth-order valence-electron chi connectivity index (χ4n) is 1.56. The van der Waals surface area contributed by atoms with Gasteiger partial charge in [0, 0.05) is 5.56 Å². The summed E-state index contributed by atoms with van der Waals surface area (Å²) in [5.74, 6) is -0.527. The van der Waals surface area contributed by atoms with E-state index >= 15 is 0 Å². The van der Waals surface area contributed by atoms with Gasteiger partial charge in [0.15, 0.2) is 5.76 Å². The number of benzene rings is 1. The summed E-state index contributed by atoms with van der Waals surface area (Å²) < 4.78 is 18.3. The second-order valence-corrected chi connectivity index (χ2v) is 4.25. The number of hydrogen-bond acceptors (Lipinski definition) is 2. The predicted octanol–water partition coefficient (Wildman–Crippen LogP) is 3.92. The largest absolute Gasteiger partial charge is 0.461 e. The summed E-state index contributed by atoms with van der Waals surface area (Å²) in [6.07, 6.45) is 1.44. The average molecular weight is 253 g/mol. The number of carbonyl (C=O) groups excluding carboxylic acids is 1. The van der Waals surface area contributed by atoms with E-state index in [0.29, 0.717) is 5.56 Å². The van der Waals surface area contributed by atoms with Crippen LogP contribution in [0.4, 0.5) is 4.39 Å². The van der Waals surface area contributed by atoms with E-state index in [4.69, 9.17) is 16.0 Å². The molecule has 0 amide bonds. The first-order chi connectivity index (χ1) is 8.00. The Balaban J connectivity index is 2.52. The highest BCUT2D eigenvalue weighted by Crippen LogP contribution is 2.24. The van der Waals surface area contributed by atoms with Gasteiger partial charge in [0.2, 0.25) is 5.78 Å². The fraction of sp³-hybridized carbons (Fsp3) is 0.154. The van der Waals surface area contributed by atoms with Crippen LogP contribution in [0, 0.1) is 19.7 Å². The molecule has 0 aliphatic rings. The van der Waals surface area contributed by atoms with Crippen molar-refractivity contribution in [2.75, 3.05) is 0 Å². The van der Waals surface area contributed by atoms with Crippen LogP contribution in [0.3, 0.4) is 0 Å². The minimum Gasteiger partial charge on any atom is -0.461 e. The monoisotopic (exact) mass is 252 g/mol. The number of halogens is 2. The molecular formula is C13H10ClFO2. The zero-order valence-electron chi connectivity index (χ0n) is 9.38. The lowest BCUT2D eigenvalue weighted by Gasteiger charge is -2.04. The van der Waals surface area contributed by atoms with Gasteiger partial charge in [0.25, 0.3) is 0 Å². The van der Waals surface area contributed by atoms with Crippen LogP contribution in [0.1, 0.15) is 27.2 Å². The molecule has 0 N–H and O–H groups in total. The molecule has 0 aliphatic carbocycles. The van der Waals surface area contributed by atoms with Crippen LogP contribution in [0.15, 0.2) is 28.9 Å². The van der Waals surface area contributed by atoms with E-state index < -0.39 is 5.82 Å². The van der Waals surface area contributed by atoms with Gasteiger partial charge in [-0.25, -0.2) is 4.39 Å². The second kappa shape index (κ2) is 4.34. The van der Waals surface area contributed by atoms with Gasteiger partial charge in [-0.05, 0) is 43.2 Å². The Morgan fingerprint density at radius 1 is 1.29 bits per heavy atom. The lowest BCUT2D eigenvalue weighted by atomic mass is 10.0. The van der Waals surface area contributed by atoms with Gasteiger partial charge in [0.1, 0.15) is 5.82 Å². The van der Waals surface area contributed by atoms with Gasteiger partial charge in [-0.2, -0.15) is 0 Å². The number of furan rings is 1. The molecule has 0 aliphatic heterocycles. The zero-order chi connectivity index (χ0) is 12.6. The van der Waals surface area contributed by atoms with Crippen molar-refractivity contribution in [2.24, 2.45) is 0 Å². The predicted molar refractivity (Wildman–Crippen MR) is 63.0 cm³/mol. The second-order valence-electron chi connectivity index (χ2n) is 3.84. The minimum atomic E-state index is -0.428. The summed E-state index contributed by atoms with van der Waals surface area (Å²) in [5.41, 5.74) is 1.36. The summed E-state index contributed by atoms with van der Waals surface area (Å²) >= 11 is 5.86. The summed E-state index contributed by atoms with van der Waals surface area (Å²) in [6, 6.07) is 4.27. The lowest BCUT2D eigenvalue weighted by Crippen LogP contribution is -2.03. The van der Waals surface area contributed by atoms with Gasteiger partial charge in [-0.15, -0.1) is 0 Å². The highest BCUT2D eigenvalue weighted by molar-refractivity contribution is 6.34. The van der Waals surface area contributed by atoms with Gasteiger partial charge >= 0.3 is 0 Å². The maximum atomic E-state index is 13.2. The van der Waals surface area contributed by atoms with Crippen molar-refractivity contribution in [2.45, 2.75) is 13.8 Å². The molecule has 1 aromatic carbocycles. The molecule has 4 heteroatoms. The van der Waals surface area contributed by atoms with E-state index in [9.17, 15) is 9.18 Å². The standard InChI is InChI=1S/C13H10ClFO2/c1-7-3-4-17-13(7)12(16)9-5-8(2)11(15)6-10(9)14/h3-6H,1-2H3. The van der Waals surface area contributed by atoms with Crippen molar-refractivity contribution < 1.29 is 13.6 Å². The SMILES string of the molecule is Cc1cc(C(=O)c2occc2C)c(Cl)cc1F. The Morgan fingerprint density at radius 3 is 2.59 bits per heavy atom. The molecule has 1 aromatic heterocycles. The first-order valence-electron chi connectivity index (χ1n) is 5.05. The number of rotatable bonds is 2. The quantitative estimate of drug-likeness (QED) is 0.759. The highest BCUT2D eigenvalue weighted by Gasteiger charge is 2.19. The van der Waals surface area contributed by atoms with Crippen LogP contribution in [0.5, 0.6) is 0 Å². The van der Waals surface area contributed by atoms with Gasteiger partial charge < -0.3 is 4.42 Å². The van der Waals surface area contributed by atoms with Crippen molar-refractivity contribution in [3.63, 3.8) is 0 Å². The molecule has 88 valence electrons. The van der Waals surface area contributed by atoms with E-state index in [-0.39, 0.29) is 22.1 Å². The first kappa shape index (κ1) is 11.9. The van der Waals surface area contributed by atoms with Crippen LogP contribution < -0.4 is 0 Å². The summed E-state index contributed by atoms with van der Waals surface area (Å²) in [4.78, 5) is 12.1. The van der Waals surface area contributed by atoms with E-state index in [1.807, 2.05) is 0 Å². The molecule has 2 aromatic rings. The molecule has 0 fully saturated rings. The number of hydrogen-bond donors (Lipinski definition) is 0. The lowest BCUT2D eigenvalue weighted by molar-refractivity contribution is 0.101. The van der Waals surface area contributed by atoms with Crippen LogP contribution in [0.25, 0.3) is 0 Å². The smallest absolute Gasteiger partial charge is 0.229 e. The van der Waals surface area contributed by atoms with E-state index in [1.54, 1.807) is 19.9 Å². The fourth-order valence-corrected chi connectivity index (χ4v) is 1.80. The number of aryl methyl sites for hydroxylation is 2. The molecule has 17 heavy (non-hydrogen) atoms. The molecule has 0 saturated heterocycles. The first-order valence-corrected chi connectivity index (χ1v) is 5.43. The van der Waals surface area contributed by atoms with E-state index in [1.165, 1.54) is 12.3 Å². The van der Waals surface area contributed by atoms with Crippen LogP contribution in [-0.4, -0.2) is 5.78 Å². The van der Waals surface area contributed by atoms with Gasteiger partial charge in [-0.3, -0.25) is 4.79 Å². The number of carbonyl (C=O) groups is 1. The zero-order valence-corrected chi connectivity index (χ0v) is 10.1. The van der Waals surface area contributed by atoms with Crippen molar-refractivity contribution in [1.29, 1.82) is 0 Å². The molecule has 0 radical (unpaired) electrons. The summed E-state index contributed by atoms with van der Waals surface area (Å²) in [5, 5.41) is 0.0916. The van der Waals surface area contributed by atoms with Gasteiger partial charge in [-0.1, -0.05) is 11.6 Å². The van der Waals surface area contributed by atoms with E-state index in [0.717, 1.165) is 11.6 Å². The Bertz CT molecular complexity index is 587. The maximum Gasteiger partial charge on any atom is 0.229 e. The molecular weight excluding hydrogens is 243 g/mol. The Labute approximate surface area is 103 Å². The third-order valence-electron chi connectivity index (χ3n) is 2.56. The van der Waals surface area contributed by atoms with Crippen molar-refractivity contribution >= 4 is 17.4 Å². The van der Waals surface area contributed by atoms with E-state index in [2.05, 4.69) is 0 Å². The molecule has 2 nitrogen and oxygen atoms in total. The average Bonchev–Trinajstić information content (AvgIpc) is 2.69. The molecule has 0 bridgehead atoms. The van der Waals surface area contributed by atoms with Gasteiger partial charge in [0.05, 0.1) is 11.3 Å². The van der Waals surface area contributed by atoms with Crippen molar-refractivity contribution in [3.05, 3.63) is 57.8 Å². The Hall–Kier alpha value is -1.61. The number of ketones is 1. The Kier molecular flexibility index (Phi) is 3.03. The summed E-state index contributed by atoms with van der Waals surface area (Å²) in [7, 11) is 0. The minimum absolute atomic E-state index is 0.0916.